The number of carbonyl (C=O) groups is 1. The van der Waals surface area contributed by atoms with Gasteiger partial charge in [-0.3, -0.25) is 0 Å². The van der Waals surface area contributed by atoms with Gasteiger partial charge in [-0.05, 0) is 17.7 Å². The fourth-order valence-electron chi connectivity index (χ4n) is 1.30. The van der Waals surface area contributed by atoms with Crippen molar-refractivity contribution in [3.8, 4) is 0 Å². The first-order chi connectivity index (χ1) is 7.72. The Morgan fingerprint density at radius 1 is 1.38 bits per heavy atom. The predicted octanol–water partition coefficient (Wildman–Crippen LogP) is 2.88. The lowest BCUT2D eigenvalue weighted by molar-refractivity contribution is -0.136. The van der Waals surface area contributed by atoms with Crippen molar-refractivity contribution in [2.75, 3.05) is 5.88 Å². The summed E-state index contributed by atoms with van der Waals surface area (Å²) in [5, 5.41) is 4.13. The third kappa shape index (κ3) is 2.10. The highest BCUT2D eigenvalue weighted by Crippen LogP contribution is 2.21. The second-order valence-electron chi connectivity index (χ2n) is 3.13. The molecule has 0 radical (unpaired) electrons. The minimum Gasteiger partial charge on any atom is -0.312 e. The van der Waals surface area contributed by atoms with Gasteiger partial charge in [-0.15, -0.1) is 11.6 Å². The van der Waals surface area contributed by atoms with E-state index in [0.29, 0.717) is 16.3 Å². The maximum atomic E-state index is 11.4. The molecule has 16 heavy (non-hydrogen) atoms. The summed E-state index contributed by atoms with van der Waals surface area (Å²) in [6.45, 7) is 0. The summed E-state index contributed by atoms with van der Waals surface area (Å²) in [7, 11) is 0. The van der Waals surface area contributed by atoms with Gasteiger partial charge in [-0.1, -0.05) is 35.0 Å². The lowest BCUT2D eigenvalue weighted by Gasteiger charge is -1.98. The van der Waals surface area contributed by atoms with Crippen molar-refractivity contribution in [3.63, 3.8) is 0 Å². The van der Waals surface area contributed by atoms with Crippen molar-refractivity contribution in [1.29, 1.82) is 0 Å². The van der Waals surface area contributed by atoms with E-state index in [2.05, 4.69) is 9.99 Å². The fourth-order valence-corrected chi connectivity index (χ4v) is 1.68. The summed E-state index contributed by atoms with van der Waals surface area (Å²) >= 11 is 11.6. The molecule has 1 aromatic carbocycles. The molecule has 0 amide bonds. The molecule has 82 valence electrons. The molecule has 0 atom stereocenters. The lowest BCUT2D eigenvalue weighted by Crippen LogP contribution is -2.06. The van der Waals surface area contributed by atoms with E-state index in [4.69, 9.17) is 23.2 Å². The van der Waals surface area contributed by atoms with Crippen LogP contribution in [0.15, 0.2) is 35.0 Å². The zero-order valence-corrected chi connectivity index (χ0v) is 9.63. The van der Waals surface area contributed by atoms with Crippen LogP contribution >= 0.6 is 23.2 Å². The average molecular weight is 256 g/mol. The Morgan fingerprint density at radius 3 is 2.81 bits per heavy atom. The highest BCUT2D eigenvalue weighted by Gasteiger charge is 2.24. The van der Waals surface area contributed by atoms with Crippen molar-refractivity contribution in [2.45, 2.75) is 0 Å². The largest absolute Gasteiger partial charge is 0.367 e. The van der Waals surface area contributed by atoms with Crippen LogP contribution in [0.4, 0.5) is 0 Å². The van der Waals surface area contributed by atoms with E-state index in [9.17, 15) is 4.79 Å². The van der Waals surface area contributed by atoms with E-state index >= 15 is 0 Å². The Bertz CT molecular complexity index is 495. The number of benzene rings is 1. The number of rotatable bonds is 2. The summed E-state index contributed by atoms with van der Waals surface area (Å²) in [6.07, 6.45) is 1.62. The second kappa shape index (κ2) is 4.68. The predicted molar refractivity (Wildman–Crippen MR) is 63.7 cm³/mol. The summed E-state index contributed by atoms with van der Waals surface area (Å²) in [4.78, 5) is 15.9. The highest BCUT2D eigenvalue weighted by atomic mass is 35.5. The second-order valence-corrected chi connectivity index (χ2v) is 3.80. The summed E-state index contributed by atoms with van der Waals surface area (Å²) in [5.41, 5.74) is 1.51. The van der Waals surface area contributed by atoms with Gasteiger partial charge in [0.1, 0.15) is 5.71 Å². The van der Waals surface area contributed by atoms with Crippen LogP contribution < -0.4 is 0 Å². The molecule has 0 aromatic heterocycles. The first-order valence-electron chi connectivity index (χ1n) is 4.53. The minimum absolute atomic E-state index is 0.127. The third-order valence-electron chi connectivity index (χ3n) is 2.10. The first-order valence-corrected chi connectivity index (χ1v) is 5.44. The topological polar surface area (TPSA) is 38.7 Å². The highest BCUT2D eigenvalue weighted by molar-refractivity contribution is 6.39. The normalized spacial score (nSPS) is 17.5. The molecule has 5 heteroatoms. The monoisotopic (exact) mass is 255 g/mol. The molecule has 0 saturated carbocycles. The molecule has 0 spiro atoms. The number of alkyl halides is 1. The lowest BCUT2D eigenvalue weighted by atomic mass is 10.1. The molecule has 3 nitrogen and oxygen atoms in total. The first kappa shape index (κ1) is 11.2. The molecule has 0 aliphatic carbocycles. The Balaban J connectivity index is 2.41. The number of hydrogen-bond donors (Lipinski definition) is 0. The van der Waals surface area contributed by atoms with Crippen LogP contribution in [0.25, 0.3) is 6.08 Å². The molecule has 2 rings (SSSR count). The van der Waals surface area contributed by atoms with E-state index in [-0.39, 0.29) is 5.88 Å². The zero-order valence-electron chi connectivity index (χ0n) is 8.11. The maximum absolute atomic E-state index is 11.4. The number of nitrogens with zero attached hydrogens (tertiary/aromatic N) is 1. The number of halogens is 2. The molecule has 0 unspecified atom stereocenters. The van der Waals surface area contributed by atoms with Gasteiger partial charge in [0.25, 0.3) is 0 Å². The van der Waals surface area contributed by atoms with Gasteiger partial charge < -0.3 is 4.84 Å². The van der Waals surface area contributed by atoms with Crippen LogP contribution in [-0.2, 0) is 9.63 Å². The molecule has 1 heterocycles. The van der Waals surface area contributed by atoms with Crippen LogP contribution in [0.3, 0.4) is 0 Å². The minimum atomic E-state index is -0.504. The molecule has 0 N–H and O–H groups in total. The van der Waals surface area contributed by atoms with Crippen LogP contribution in [0.5, 0.6) is 0 Å². The van der Waals surface area contributed by atoms with Crippen molar-refractivity contribution in [2.24, 2.45) is 5.16 Å². The molecular formula is C11H7Cl2NO2. The summed E-state index contributed by atoms with van der Waals surface area (Å²) < 4.78 is 0. The Hall–Kier alpha value is -1.32. The summed E-state index contributed by atoms with van der Waals surface area (Å²) in [6, 6.07) is 7.18. The van der Waals surface area contributed by atoms with E-state index in [1.807, 2.05) is 12.1 Å². The van der Waals surface area contributed by atoms with Gasteiger partial charge in [-0.25, -0.2) is 4.79 Å². The van der Waals surface area contributed by atoms with Crippen LogP contribution in [0, 0.1) is 0 Å². The van der Waals surface area contributed by atoms with Crippen molar-refractivity contribution >= 4 is 41.0 Å². The summed E-state index contributed by atoms with van der Waals surface area (Å²) in [5.74, 6) is -0.377. The molecule has 1 aliphatic heterocycles. The zero-order chi connectivity index (χ0) is 11.5. The third-order valence-corrected chi connectivity index (χ3v) is 2.70. The molecule has 0 fully saturated rings. The number of oxime groups is 1. The smallest absolute Gasteiger partial charge is 0.312 e. The van der Waals surface area contributed by atoms with Gasteiger partial charge in [-0.2, -0.15) is 0 Å². The molecular weight excluding hydrogens is 249 g/mol. The quantitative estimate of drug-likeness (QED) is 0.463. The standard InChI is InChI=1S/C11H7Cl2NO2/c12-6-10-8(11(15)16-14-10)5-7-3-1-2-4-9(7)13/h1-5H,6H2/b8-5+. The SMILES string of the molecule is O=C1ON=C(CCl)/C1=C\c1ccccc1Cl. The van der Waals surface area contributed by atoms with Crippen LogP contribution in [0.2, 0.25) is 5.02 Å². The molecule has 1 aliphatic rings. The van der Waals surface area contributed by atoms with E-state index in [1.165, 1.54) is 0 Å². The fraction of sp³-hybridized carbons (Fsp3) is 0.0909. The Labute approximate surface area is 102 Å². The van der Waals surface area contributed by atoms with Crippen LogP contribution in [0.1, 0.15) is 5.56 Å². The molecule has 0 saturated heterocycles. The average Bonchev–Trinajstić information content (AvgIpc) is 2.63. The van der Waals surface area contributed by atoms with Gasteiger partial charge >= 0.3 is 5.97 Å². The maximum Gasteiger partial charge on any atom is 0.367 e. The number of hydrogen-bond acceptors (Lipinski definition) is 3. The van der Waals surface area contributed by atoms with Crippen molar-refractivity contribution < 1.29 is 9.63 Å². The van der Waals surface area contributed by atoms with E-state index < -0.39 is 5.97 Å². The van der Waals surface area contributed by atoms with E-state index in [1.54, 1.807) is 18.2 Å². The number of carbonyl (C=O) groups excluding carboxylic acids is 1. The van der Waals surface area contributed by atoms with Crippen molar-refractivity contribution in [3.05, 3.63) is 40.4 Å². The van der Waals surface area contributed by atoms with Crippen molar-refractivity contribution in [1.82, 2.24) is 0 Å². The van der Waals surface area contributed by atoms with Gasteiger partial charge in [0.15, 0.2) is 0 Å². The Kier molecular flexibility index (Phi) is 3.27. The van der Waals surface area contributed by atoms with Gasteiger partial charge in [0.2, 0.25) is 0 Å². The van der Waals surface area contributed by atoms with Gasteiger partial charge in [0.05, 0.1) is 11.5 Å². The van der Waals surface area contributed by atoms with Crippen LogP contribution in [-0.4, -0.2) is 17.6 Å². The molecule has 1 aromatic rings. The Morgan fingerprint density at radius 2 is 2.12 bits per heavy atom. The molecule has 0 bridgehead atoms. The van der Waals surface area contributed by atoms with Gasteiger partial charge in [0, 0.05) is 5.02 Å². The van der Waals surface area contributed by atoms with E-state index in [0.717, 1.165) is 5.56 Å².